The van der Waals surface area contributed by atoms with Crippen LogP contribution in [0.15, 0.2) is 11.6 Å². The number of hydrogen-bond acceptors (Lipinski definition) is 4. The number of carbonyl (C=O) groups is 2. The van der Waals surface area contributed by atoms with E-state index in [1.165, 1.54) is 12.0 Å². The molecule has 4 atom stereocenters. The molecule has 4 heteroatoms. The summed E-state index contributed by atoms with van der Waals surface area (Å²) < 4.78 is 10.1. The van der Waals surface area contributed by atoms with Crippen LogP contribution in [-0.2, 0) is 19.1 Å². The van der Waals surface area contributed by atoms with Gasteiger partial charge in [-0.1, -0.05) is 26.8 Å². The maximum Gasteiger partial charge on any atom is 0.293 e. The van der Waals surface area contributed by atoms with Gasteiger partial charge in [0.1, 0.15) is 6.61 Å². The molecule has 0 saturated heterocycles. The van der Waals surface area contributed by atoms with E-state index >= 15 is 0 Å². The smallest absolute Gasteiger partial charge is 0.293 e. The van der Waals surface area contributed by atoms with E-state index in [1.54, 1.807) is 0 Å². The maximum atomic E-state index is 10.5. The van der Waals surface area contributed by atoms with Crippen molar-refractivity contribution in [2.75, 3.05) is 13.2 Å². The van der Waals surface area contributed by atoms with Gasteiger partial charge in [-0.15, -0.1) is 0 Å². The van der Waals surface area contributed by atoms with Crippen LogP contribution < -0.4 is 0 Å². The van der Waals surface area contributed by atoms with Gasteiger partial charge < -0.3 is 9.47 Å². The second-order valence-electron chi connectivity index (χ2n) is 6.58. The summed E-state index contributed by atoms with van der Waals surface area (Å²) in [6.45, 7) is 8.56. The van der Waals surface area contributed by atoms with Gasteiger partial charge in [0.2, 0.25) is 0 Å². The Hall–Kier alpha value is -1.32. The second-order valence-corrected chi connectivity index (χ2v) is 6.58. The predicted molar refractivity (Wildman–Crippen MR) is 74.8 cm³/mol. The van der Waals surface area contributed by atoms with Crippen LogP contribution >= 0.6 is 0 Å². The summed E-state index contributed by atoms with van der Waals surface area (Å²) in [6.07, 6.45) is 4.52. The van der Waals surface area contributed by atoms with Crippen molar-refractivity contribution in [1.82, 2.24) is 0 Å². The van der Waals surface area contributed by atoms with Gasteiger partial charge in [-0.3, -0.25) is 9.59 Å². The topological polar surface area (TPSA) is 52.6 Å². The fourth-order valence-electron chi connectivity index (χ4n) is 4.18. The van der Waals surface area contributed by atoms with Crippen LogP contribution in [0.3, 0.4) is 0 Å². The lowest BCUT2D eigenvalue weighted by Crippen LogP contribution is -2.41. The van der Waals surface area contributed by atoms with E-state index < -0.39 is 0 Å². The van der Waals surface area contributed by atoms with E-state index in [2.05, 4.69) is 26.8 Å². The van der Waals surface area contributed by atoms with Gasteiger partial charge in [0.15, 0.2) is 0 Å². The fraction of sp³-hybridized carbons (Fsp3) is 0.750. The summed E-state index contributed by atoms with van der Waals surface area (Å²) >= 11 is 0. The van der Waals surface area contributed by atoms with E-state index in [0.717, 1.165) is 6.42 Å². The van der Waals surface area contributed by atoms with Crippen LogP contribution in [0.1, 0.15) is 33.6 Å². The largest absolute Gasteiger partial charge is 0.468 e. The molecule has 0 radical (unpaired) electrons. The quantitative estimate of drug-likeness (QED) is 0.531. The van der Waals surface area contributed by atoms with Gasteiger partial charge in [0, 0.05) is 5.92 Å². The van der Waals surface area contributed by atoms with Crippen LogP contribution in [0.25, 0.3) is 0 Å². The third-order valence-corrected chi connectivity index (χ3v) is 5.41. The van der Waals surface area contributed by atoms with Crippen molar-refractivity contribution >= 4 is 12.9 Å². The van der Waals surface area contributed by atoms with E-state index in [9.17, 15) is 9.59 Å². The molecular formula is C16H24O4. The van der Waals surface area contributed by atoms with Gasteiger partial charge in [-0.2, -0.15) is 0 Å². The van der Waals surface area contributed by atoms with Crippen LogP contribution in [0.2, 0.25) is 0 Å². The highest BCUT2D eigenvalue weighted by Crippen LogP contribution is 2.58. The van der Waals surface area contributed by atoms with E-state index in [4.69, 9.17) is 9.47 Å². The second kappa shape index (κ2) is 5.98. The van der Waals surface area contributed by atoms with Crippen LogP contribution in [0.4, 0.5) is 0 Å². The molecule has 0 aliphatic heterocycles. The highest BCUT2D eigenvalue weighted by Gasteiger charge is 2.53. The number of fused-ring (bicyclic) bond motifs is 2. The molecule has 0 aromatic carbocycles. The standard InChI is InChI=1S/C16H24O4/c1-11(2)13-4-5-16(3)12(7-19-9-17)6-14(13)15(16)8-20-10-18/h6,9-11,13-15H,4-5,7-8H2,1-3H3. The summed E-state index contributed by atoms with van der Waals surface area (Å²) in [6, 6.07) is 0. The van der Waals surface area contributed by atoms with E-state index in [-0.39, 0.29) is 5.41 Å². The molecule has 1 fully saturated rings. The number of rotatable bonds is 7. The molecule has 20 heavy (non-hydrogen) atoms. The molecule has 0 N–H and O–H groups in total. The zero-order valence-corrected chi connectivity index (χ0v) is 12.5. The Kier molecular flexibility index (Phi) is 4.51. The molecule has 2 aliphatic carbocycles. The van der Waals surface area contributed by atoms with Gasteiger partial charge in [-0.05, 0) is 41.6 Å². The molecular weight excluding hydrogens is 256 g/mol. The minimum atomic E-state index is -0.0118. The third kappa shape index (κ3) is 2.48. The Morgan fingerprint density at radius 2 is 2.05 bits per heavy atom. The number of carbonyl (C=O) groups excluding carboxylic acids is 2. The van der Waals surface area contributed by atoms with Crippen molar-refractivity contribution in [2.24, 2.45) is 29.1 Å². The zero-order chi connectivity index (χ0) is 14.8. The van der Waals surface area contributed by atoms with E-state index in [0.29, 0.717) is 49.8 Å². The lowest BCUT2D eigenvalue weighted by atomic mass is 9.60. The molecule has 4 nitrogen and oxygen atoms in total. The summed E-state index contributed by atoms with van der Waals surface area (Å²) in [4.78, 5) is 21.0. The molecule has 0 heterocycles. The van der Waals surface area contributed by atoms with Crippen molar-refractivity contribution in [3.8, 4) is 0 Å². The van der Waals surface area contributed by atoms with Gasteiger partial charge in [-0.25, -0.2) is 0 Å². The molecule has 4 unspecified atom stereocenters. The lowest BCUT2D eigenvalue weighted by Gasteiger charge is -2.45. The van der Waals surface area contributed by atoms with Crippen molar-refractivity contribution in [3.63, 3.8) is 0 Å². The first-order valence-corrected chi connectivity index (χ1v) is 7.36. The third-order valence-electron chi connectivity index (χ3n) is 5.41. The Morgan fingerprint density at radius 1 is 1.35 bits per heavy atom. The average Bonchev–Trinajstić information content (AvgIpc) is 2.57. The molecule has 0 aromatic heterocycles. The van der Waals surface area contributed by atoms with Crippen LogP contribution in [0, 0.1) is 29.1 Å². The summed E-state index contributed by atoms with van der Waals surface area (Å²) in [5, 5.41) is 0. The first-order valence-electron chi connectivity index (χ1n) is 7.36. The minimum Gasteiger partial charge on any atom is -0.468 e. The van der Waals surface area contributed by atoms with Crippen LogP contribution in [-0.4, -0.2) is 26.2 Å². The van der Waals surface area contributed by atoms with E-state index in [1.807, 2.05) is 0 Å². The van der Waals surface area contributed by atoms with Gasteiger partial charge in [0.25, 0.3) is 12.9 Å². The molecule has 0 amide bonds. The summed E-state index contributed by atoms with van der Waals surface area (Å²) in [5.74, 6) is 1.93. The molecule has 1 saturated carbocycles. The van der Waals surface area contributed by atoms with Crippen molar-refractivity contribution < 1.29 is 19.1 Å². The molecule has 2 rings (SSSR count). The average molecular weight is 280 g/mol. The fourth-order valence-corrected chi connectivity index (χ4v) is 4.18. The summed E-state index contributed by atoms with van der Waals surface area (Å²) in [7, 11) is 0. The SMILES string of the molecule is CC(C)C1CCC2(C)C(COC=O)=CC1C2COC=O. The monoisotopic (exact) mass is 280 g/mol. The number of hydrogen-bond donors (Lipinski definition) is 0. The highest BCUT2D eigenvalue weighted by atomic mass is 16.5. The van der Waals surface area contributed by atoms with Gasteiger partial charge >= 0.3 is 0 Å². The predicted octanol–water partition coefficient (Wildman–Crippen LogP) is 2.58. The first-order chi connectivity index (χ1) is 9.54. The Labute approximate surface area is 120 Å². The number of ether oxygens (including phenoxy) is 2. The minimum absolute atomic E-state index is 0.0118. The summed E-state index contributed by atoms with van der Waals surface area (Å²) in [5.41, 5.74) is 1.18. The Morgan fingerprint density at radius 3 is 2.65 bits per heavy atom. The molecule has 2 bridgehead atoms. The van der Waals surface area contributed by atoms with Crippen molar-refractivity contribution in [1.29, 1.82) is 0 Å². The van der Waals surface area contributed by atoms with Crippen molar-refractivity contribution in [3.05, 3.63) is 11.6 Å². The molecule has 2 aliphatic rings. The lowest BCUT2D eigenvalue weighted by molar-refractivity contribution is -0.132. The molecule has 112 valence electrons. The highest BCUT2D eigenvalue weighted by molar-refractivity contribution is 5.39. The Balaban J connectivity index is 2.24. The normalized spacial score (nSPS) is 35.6. The molecule has 0 spiro atoms. The molecule has 0 aromatic rings. The Bertz CT molecular complexity index is 401. The van der Waals surface area contributed by atoms with Gasteiger partial charge in [0.05, 0.1) is 6.61 Å². The zero-order valence-electron chi connectivity index (χ0n) is 12.5. The number of allylic oxidation sites excluding steroid dienone is 1. The maximum absolute atomic E-state index is 10.5. The first kappa shape index (κ1) is 15.1. The van der Waals surface area contributed by atoms with Crippen LogP contribution in [0.5, 0.6) is 0 Å². The van der Waals surface area contributed by atoms with Crippen molar-refractivity contribution in [2.45, 2.75) is 33.6 Å².